The molecule has 2 aromatic rings. The molecule has 0 unspecified atom stereocenters. The van der Waals surface area contributed by atoms with Crippen LogP contribution in [0.3, 0.4) is 0 Å². The molecule has 1 amide bonds. The van der Waals surface area contributed by atoms with Crippen molar-refractivity contribution in [2.24, 2.45) is 0 Å². The average Bonchev–Trinajstić information content (AvgIpc) is 2.63. The van der Waals surface area contributed by atoms with Crippen LogP contribution in [0.15, 0.2) is 30.3 Å². The maximum atomic E-state index is 12.0. The van der Waals surface area contributed by atoms with E-state index in [0.717, 1.165) is 0 Å². The van der Waals surface area contributed by atoms with Crippen molar-refractivity contribution in [1.82, 2.24) is 0 Å². The Hall–Kier alpha value is -2.84. The number of rotatable bonds is 6. The number of anilines is 1. The number of amides is 1. The number of benzene rings is 2. The number of nitrogens with one attached hydrogen (secondary N) is 1. The minimum Gasteiger partial charge on any atom is -0.490 e. The molecule has 8 nitrogen and oxygen atoms in total. The van der Waals surface area contributed by atoms with Crippen molar-refractivity contribution in [3.63, 3.8) is 0 Å². The summed E-state index contributed by atoms with van der Waals surface area (Å²) in [4.78, 5) is 34.5. The maximum absolute atomic E-state index is 12.0. The first kappa shape index (κ1) is 20.5. The van der Waals surface area contributed by atoms with Gasteiger partial charge in [-0.05, 0) is 24.6 Å². The van der Waals surface area contributed by atoms with Crippen molar-refractivity contribution >= 4 is 46.5 Å². The zero-order chi connectivity index (χ0) is 20.1. The first-order valence-corrected chi connectivity index (χ1v) is 8.24. The number of nitro groups is 1. The highest BCUT2D eigenvalue weighted by atomic mass is 35.5. The second kappa shape index (κ2) is 8.70. The molecule has 2 aromatic carbocycles. The Morgan fingerprint density at radius 3 is 2.59 bits per heavy atom. The first-order chi connectivity index (χ1) is 12.7. The van der Waals surface area contributed by atoms with Crippen LogP contribution in [0, 0.1) is 17.0 Å². The lowest BCUT2D eigenvalue weighted by Crippen LogP contribution is -2.21. The van der Waals surface area contributed by atoms with Crippen LogP contribution in [0.4, 0.5) is 11.4 Å². The molecule has 0 bridgehead atoms. The van der Waals surface area contributed by atoms with Gasteiger partial charge >= 0.3 is 11.7 Å². The van der Waals surface area contributed by atoms with Gasteiger partial charge in [0.05, 0.1) is 27.6 Å². The Morgan fingerprint density at radius 2 is 1.96 bits per heavy atom. The van der Waals surface area contributed by atoms with Gasteiger partial charge in [0.2, 0.25) is 0 Å². The summed E-state index contributed by atoms with van der Waals surface area (Å²) in [5.74, 6) is -1.46. The highest BCUT2D eigenvalue weighted by molar-refractivity contribution is 6.43. The molecule has 2 rings (SSSR count). The number of carbonyl (C=O) groups is 2. The van der Waals surface area contributed by atoms with Gasteiger partial charge in [-0.1, -0.05) is 29.3 Å². The van der Waals surface area contributed by atoms with Crippen LogP contribution in [-0.2, 0) is 9.53 Å². The van der Waals surface area contributed by atoms with Crippen LogP contribution in [0.5, 0.6) is 5.75 Å². The highest BCUT2D eigenvalue weighted by Gasteiger charge is 2.19. The third-order valence-electron chi connectivity index (χ3n) is 3.50. The van der Waals surface area contributed by atoms with Gasteiger partial charge in [0.25, 0.3) is 5.91 Å². The fourth-order valence-electron chi connectivity index (χ4n) is 2.17. The number of methoxy groups -OCH3 is 1. The summed E-state index contributed by atoms with van der Waals surface area (Å²) >= 11 is 11.8. The molecule has 0 fully saturated rings. The first-order valence-electron chi connectivity index (χ1n) is 7.48. The molecular weight excluding hydrogens is 399 g/mol. The number of ether oxygens (including phenoxy) is 2. The third kappa shape index (κ3) is 4.87. The van der Waals surface area contributed by atoms with E-state index >= 15 is 0 Å². The topological polar surface area (TPSA) is 108 Å². The molecule has 27 heavy (non-hydrogen) atoms. The van der Waals surface area contributed by atoms with Gasteiger partial charge in [-0.3, -0.25) is 14.9 Å². The molecule has 0 heterocycles. The summed E-state index contributed by atoms with van der Waals surface area (Å²) < 4.78 is 9.88. The number of hydrogen-bond donors (Lipinski definition) is 1. The minimum absolute atomic E-state index is 0.0106. The largest absolute Gasteiger partial charge is 0.490 e. The Labute approximate surface area is 164 Å². The second-order valence-corrected chi connectivity index (χ2v) is 6.11. The van der Waals surface area contributed by atoms with Crippen molar-refractivity contribution in [3.8, 4) is 5.75 Å². The predicted octanol–water partition coefficient (Wildman–Crippen LogP) is 4.01. The van der Waals surface area contributed by atoms with Crippen molar-refractivity contribution < 1.29 is 24.0 Å². The van der Waals surface area contributed by atoms with Gasteiger partial charge in [0, 0.05) is 17.8 Å². The number of aryl methyl sites for hydroxylation is 1. The molecular formula is C17H14Cl2N2O6. The summed E-state index contributed by atoms with van der Waals surface area (Å²) in [6, 6.07) is 7.04. The van der Waals surface area contributed by atoms with Crippen LogP contribution < -0.4 is 10.1 Å². The number of nitro benzene ring substituents is 1. The molecule has 0 saturated heterocycles. The number of nitrogens with zero attached hydrogens (tertiary/aromatic N) is 1. The SMILES string of the molecule is COc1cc(NC(=O)COC(=O)c2cccc(Cl)c2Cl)c(C)cc1[N+](=O)[O-]. The second-order valence-electron chi connectivity index (χ2n) is 5.32. The summed E-state index contributed by atoms with van der Waals surface area (Å²) in [5.41, 5.74) is 0.541. The molecule has 0 radical (unpaired) electrons. The summed E-state index contributed by atoms with van der Waals surface area (Å²) in [6.07, 6.45) is 0. The average molecular weight is 413 g/mol. The summed E-state index contributed by atoms with van der Waals surface area (Å²) in [6.45, 7) is 1.00. The molecule has 0 aliphatic heterocycles. The molecule has 0 atom stereocenters. The Bertz CT molecular complexity index is 917. The van der Waals surface area contributed by atoms with E-state index in [2.05, 4.69) is 5.32 Å². The standard InChI is InChI=1S/C17H14Cl2N2O6/c1-9-6-13(21(24)25)14(26-2)7-12(9)20-15(22)8-27-17(23)10-4-3-5-11(18)16(10)19/h3-7H,8H2,1-2H3,(H,20,22). The van der Waals surface area contributed by atoms with E-state index in [-0.39, 0.29) is 27.0 Å². The lowest BCUT2D eigenvalue weighted by molar-refractivity contribution is -0.385. The lowest BCUT2D eigenvalue weighted by Gasteiger charge is -2.11. The van der Waals surface area contributed by atoms with Gasteiger partial charge in [0.15, 0.2) is 12.4 Å². The van der Waals surface area contributed by atoms with E-state index in [1.165, 1.54) is 37.4 Å². The Balaban J connectivity index is 2.07. The van der Waals surface area contributed by atoms with Crippen molar-refractivity contribution in [1.29, 1.82) is 0 Å². The molecule has 0 aromatic heterocycles. The minimum atomic E-state index is -0.810. The predicted molar refractivity (Wildman–Crippen MR) is 99.8 cm³/mol. The van der Waals surface area contributed by atoms with Crippen molar-refractivity contribution in [2.75, 3.05) is 19.0 Å². The molecule has 0 spiro atoms. The number of esters is 1. The van der Waals surface area contributed by atoms with Crippen molar-refractivity contribution in [2.45, 2.75) is 6.92 Å². The fraction of sp³-hybridized carbons (Fsp3) is 0.176. The lowest BCUT2D eigenvalue weighted by atomic mass is 10.1. The zero-order valence-corrected chi connectivity index (χ0v) is 15.8. The number of halogens is 2. The van der Waals surface area contributed by atoms with E-state index in [9.17, 15) is 19.7 Å². The quantitative estimate of drug-likeness (QED) is 0.436. The highest BCUT2D eigenvalue weighted by Crippen LogP contribution is 2.32. The third-order valence-corrected chi connectivity index (χ3v) is 4.32. The summed E-state index contributed by atoms with van der Waals surface area (Å²) in [7, 11) is 1.28. The van der Waals surface area contributed by atoms with Gasteiger partial charge in [0.1, 0.15) is 0 Å². The van der Waals surface area contributed by atoms with Gasteiger partial charge in [-0.2, -0.15) is 0 Å². The smallest absolute Gasteiger partial charge is 0.340 e. The van der Waals surface area contributed by atoms with Crippen LogP contribution in [0.1, 0.15) is 15.9 Å². The number of carbonyl (C=O) groups excluding carboxylic acids is 2. The van der Waals surface area contributed by atoms with E-state index < -0.39 is 23.4 Å². The molecule has 0 saturated carbocycles. The normalized spacial score (nSPS) is 10.2. The Morgan fingerprint density at radius 1 is 1.26 bits per heavy atom. The van der Waals surface area contributed by atoms with E-state index in [4.69, 9.17) is 32.7 Å². The van der Waals surface area contributed by atoms with E-state index in [1.54, 1.807) is 6.92 Å². The van der Waals surface area contributed by atoms with Gasteiger partial charge in [-0.15, -0.1) is 0 Å². The van der Waals surface area contributed by atoms with Crippen molar-refractivity contribution in [3.05, 3.63) is 61.6 Å². The van der Waals surface area contributed by atoms with E-state index in [0.29, 0.717) is 11.3 Å². The molecule has 10 heteroatoms. The number of hydrogen-bond acceptors (Lipinski definition) is 6. The molecule has 0 aliphatic rings. The molecule has 1 N–H and O–H groups in total. The zero-order valence-electron chi connectivity index (χ0n) is 14.2. The monoisotopic (exact) mass is 412 g/mol. The van der Waals surface area contributed by atoms with Crippen LogP contribution in [-0.4, -0.2) is 30.5 Å². The van der Waals surface area contributed by atoms with Gasteiger partial charge < -0.3 is 14.8 Å². The fourth-order valence-corrected chi connectivity index (χ4v) is 2.55. The summed E-state index contributed by atoms with van der Waals surface area (Å²) in [5, 5.41) is 13.7. The van der Waals surface area contributed by atoms with E-state index in [1.807, 2.05) is 0 Å². The van der Waals surface area contributed by atoms with Crippen LogP contribution in [0.2, 0.25) is 10.0 Å². The van der Waals surface area contributed by atoms with Crippen LogP contribution in [0.25, 0.3) is 0 Å². The molecule has 0 aliphatic carbocycles. The Kier molecular flexibility index (Phi) is 6.59. The maximum Gasteiger partial charge on any atom is 0.340 e. The molecule has 142 valence electrons. The van der Waals surface area contributed by atoms with Gasteiger partial charge in [-0.25, -0.2) is 4.79 Å². The van der Waals surface area contributed by atoms with Crippen LogP contribution >= 0.6 is 23.2 Å².